The first-order chi connectivity index (χ1) is 10.7. The summed E-state index contributed by atoms with van der Waals surface area (Å²) in [6.07, 6.45) is 9.86. The summed E-state index contributed by atoms with van der Waals surface area (Å²) in [7, 11) is 0. The van der Waals surface area contributed by atoms with Crippen molar-refractivity contribution in [3.63, 3.8) is 0 Å². The molecule has 3 N–H and O–H groups in total. The van der Waals surface area contributed by atoms with E-state index in [2.05, 4.69) is 6.92 Å². The monoisotopic (exact) mass is 316 g/mol. The Hall–Kier alpha value is -0.620. The zero-order valence-electron chi connectivity index (χ0n) is 13.7. The number of rotatable bonds is 12. The third-order valence-corrected chi connectivity index (χ3v) is 4.00. The van der Waals surface area contributed by atoms with Crippen LogP contribution in [0.4, 0.5) is 0 Å². The molecule has 0 spiro atoms. The van der Waals surface area contributed by atoms with E-state index in [0.29, 0.717) is 0 Å². The second kappa shape index (κ2) is 11.9. The number of hydrogen-bond donors (Lipinski definition) is 3. The third-order valence-electron chi connectivity index (χ3n) is 4.00. The molecule has 5 nitrogen and oxygen atoms in total. The molecule has 1 fully saturated rings. The van der Waals surface area contributed by atoms with E-state index in [-0.39, 0.29) is 13.2 Å². The normalized spacial score (nSPS) is 26.6. The molecule has 0 unspecified atom stereocenters. The van der Waals surface area contributed by atoms with Crippen LogP contribution in [0.2, 0.25) is 0 Å². The minimum atomic E-state index is -1.05. The van der Waals surface area contributed by atoms with Crippen LogP contribution >= 0.6 is 0 Å². The number of allylic oxidation sites excluding steroid dienone is 1. The standard InChI is InChI=1S/C17H32O5/c1-2-3-4-5-6-7-8-9-10-11-21-12-15(19)17-16(20)14(18)13-22-17/h10-11,14-20H,2-9,12-13H2,1H3/b11-10+/t14-,15+,16-,17-/m0/s1. The summed E-state index contributed by atoms with van der Waals surface area (Å²) in [5.74, 6) is 0. The van der Waals surface area contributed by atoms with Crippen LogP contribution in [0.15, 0.2) is 12.3 Å². The van der Waals surface area contributed by atoms with Crippen molar-refractivity contribution in [1.29, 1.82) is 0 Å². The predicted octanol–water partition coefficient (Wildman–Crippen LogP) is 2.14. The molecule has 130 valence electrons. The molecule has 0 saturated carbocycles. The minimum absolute atomic E-state index is 0.0526. The number of unbranched alkanes of at least 4 members (excludes halogenated alkanes) is 7. The fourth-order valence-electron chi connectivity index (χ4n) is 2.57. The van der Waals surface area contributed by atoms with Crippen molar-refractivity contribution >= 4 is 0 Å². The van der Waals surface area contributed by atoms with E-state index >= 15 is 0 Å². The lowest BCUT2D eigenvalue weighted by Gasteiger charge is -2.20. The van der Waals surface area contributed by atoms with Crippen molar-refractivity contribution in [2.75, 3.05) is 13.2 Å². The number of ether oxygens (including phenoxy) is 2. The zero-order valence-corrected chi connectivity index (χ0v) is 13.7. The van der Waals surface area contributed by atoms with Gasteiger partial charge in [0.05, 0.1) is 12.9 Å². The van der Waals surface area contributed by atoms with Gasteiger partial charge in [-0.2, -0.15) is 0 Å². The Morgan fingerprint density at radius 2 is 1.82 bits per heavy atom. The quantitative estimate of drug-likeness (QED) is 0.380. The van der Waals surface area contributed by atoms with E-state index in [1.807, 2.05) is 6.08 Å². The minimum Gasteiger partial charge on any atom is -0.499 e. The van der Waals surface area contributed by atoms with Gasteiger partial charge >= 0.3 is 0 Å². The highest BCUT2D eigenvalue weighted by Gasteiger charge is 2.39. The molecule has 1 rings (SSSR count). The van der Waals surface area contributed by atoms with Gasteiger partial charge in [0.2, 0.25) is 0 Å². The lowest BCUT2D eigenvalue weighted by atomic mass is 10.1. The number of hydrogen-bond acceptors (Lipinski definition) is 5. The summed E-state index contributed by atoms with van der Waals surface area (Å²) in [6, 6.07) is 0. The fourth-order valence-corrected chi connectivity index (χ4v) is 2.57. The van der Waals surface area contributed by atoms with Gasteiger partial charge in [-0.25, -0.2) is 0 Å². The van der Waals surface area contributed by atoms with Crippen molar-refractivity contribution in [2.45, 2.75) is 82.7 Å². The van der Waals surface area contributed by atoms with E-state index < -0.39 is 24.4 Å². The van der Waals surface area contributed by atoms with E-state index in [9.17, 15) is 15.3 Å². The number of aliphatic hydroxyl groups excluding tert-OH is 3. The maximum absolute atomic E-state index is 9.83. The van der Waals surface area contributed by atoms with E-state index in [1.54, 1.807) is 6.26 Å². The van der Waals surface area contributed by atoms with Gasteiger partial charge in [-0.05, 0) is 18.9 Å². The molecule has 0 bridgehead atoms. The van der Waals surface area contributed by atoms with Crippen LogP contribution in [0.5, 0.6) is 0 Å². The van der Waals surface area contributed by atoms with Crippen molar-refractivity contribution in [3.8, 4) is 0 Å². The molecule has 1 saturated heterocycles. The molecule has 0 aromatic rings. The van der Waals surface area contributed by atoms with Gasteiger partial charge in [0.15, 0.2) is 0 Å². The summed E-state index contributed by atoms with van der Waals surface area (Å²) < 4.78 is 10.4. The molecular formula is C17H32O5. The average Bonchev–Trinajstić information content (AvgIpc) is 2.84. The van der Waals surface area contributed by atoms with Gasteiger partial charge in [-0.1, -0.05) is 45.4 Å². The Morgan fingerprint density at radius 3 is 2.45 bits per heavy atom. The maximum atomic E-state index is 9.83. The van der Waals surface area contributed by atoms with Crippen molar-refractivity contribution in [1.82, 2.24) is 0 Å². The highest BCUT2D eigenvalue weighted by molar-refractivity contribution is 4.88. The lowest BCUT2D eigenvalue weighted by Crippen LogP contribution is -2.40. The molecule has 0 radical (unpaired) electrons. The Kier molecular flexibility index (Phi) is 10.5. The summed E-state index contributed by atoms with van der Waals surface area (Å²) in [5.41, 5.74) is 0. The summed E-state index contributed by atoms with van der Waals surface area (Å²) >= 11 is 0. The molecule has 1 heterocycles. The van der Waals surface area contributed by atoms with Gasteiger partial charge in [0.1, 0.15) is 31.0 Å². The predicted molar refractivity (Wildman–Crippen MR) is 85.5 cm³/mol. The second-order valence-electron chi connectivity index (χ2n) is 6.04. The van der Waals surface area contributed by atoms with E-state index in [0.717, 1.165) is 12.8 Å². The largest absolute Gasteiger partial charge is 0.499 e. The molecule has 4 atom stereocenters. The molecule has 0 aromatic heterocycles. The van der Waals surface area contributed by atoms with Crippen LogP contribution in [0, 0.1) is 0 Å². The van der Waals surface area contributed by atoms with Gasteiger partial charge < -0.3 is 24.8 Å². The Balaban J connectivity index is 1.95. The Bertz CT molecular complexity index is 295. The molecule has 5 heteroatoms. The fraction of sp³-hybridized carbons (Fsp3) is 0.882. The Labute approximate surface area is 133 Å². The average molecular weight is 316 g/mol. The highest BCUT2D eigenvalue weighted by atomic mass is 16.5. The highest BCUT2D eigenvalue weighted by Crippen LogP contribution is 2.17. The molecule has 1 aliphatic heterocycles. The smallest absolute Gasteiger partial charge is 0.117 e. The van der Waals surface area contributed by atoms with Crippen LogP contribution in [0.3, 0.4) is 0 Å². The van der Waals surface area contributed by atoms with Crippen molar-refractivity contribution in [2.24, 2.45) is 0 Å². The number of aliphatic hydroxyl groups is 3. The zero-order chi connectivity index (χ0) is 16.2. The van der Waals surface area contributed by atoms with Gasteiger partial charge in [-0.15, -0.1) is 0 Å². The first kappa shape index (κ1) is 19.4. The van der Waals surface area contributed by atoms with Gasteiger partial charge in [-0.3, -0.25) is 0 Å². The van der Waals surface area contributed by atoms with Crippen LogP contribution in [-0.2, 0) is 9.47 Å². The Morgan fingerprint density at radius 1 is 1.14 bits per heavy atom. The molecule has 0 aromatic carbocycles. The first-order valence-corrected chi connectivity index (χ1v) is 8.59. The van der Waals surface area contributed by atoms with E-state index in [1.165, 1.54) is 38.5 Å². The van der Waals surface area contributed by atoms with Crippen LogP contribution in [-0.4, -0.2) is 52.9 Å². The van der Waals surface area contributed by atoms with Crippen molar-refractivity contribution in [3.05, 3.63) is 12.3 Å². The molecule has 0 aliphatic carbocycles. The first-order valence-electron chi connectivity index (χ1n) is 8.59. The lowest BCUT2D eigenvalue weighted by molar-refractivity contribution is -0.0703. The van der Waals surface area contributed by atoms with Crippen LogP contribution in [0.1, 0.15) is 58.3 Å². The topological polar surface area (TPSA) is 79.2 Å². The molecular weight excluding hydrogens is 284 g/mol. The van der Waals surface area contributed by atoms with Crippen molar-refractivity contribution < 1.29 is 24.8 Å². The van der Waals surface area contributed by atoms with Gasteiger partial charge in [0, 0.05) is 0 Å². The SMILES string of the molecule is CCCCCCCCC/C=C/OC[C@@H](O)[C@@H]1OC[C@H](O)[C@@H]1O. The molecule has 1 aliphatic rings. The summed E-state index contributed by atoms with van der Waals surface area (Å²) in [4.78, 5) is 0. The summed E-state index contributed by atoms with van der Waals surface area (Å²) in [6.45, 7) is 2.34. The van der Waals surface area contributed by atoms with Crippen LogP contribution in [0.25, 0.3) is 0 Å². The van der Waals surface area contributed by atoms with E-state index in [4.69, 9.17) is 9.47 Å². The van der Waals surface area contributed by atoms with Crippen LogP contribution < -0.4 is 0 Å². The third kappa shape index (κ3) is 7.58. The maximum Gasteiger partial charge on any atom is 0.117 e. The molecule has 22 heavy (non-hydrogen) atoms. The molecule has 0 amide bonds. The van der Waals surface area contributed by atoms with Gasteiger partial charge in [0.25, 0.3) is 0 Å². The summed E-state index contributed by atoms with van der Waals surface area (Å²) in [5, 5.41) is 28.8. The second-order valence-corrected chi connectivity index (χ2v) is 6.04.